The van der Waals surface area contributed by atoms with Crippen molar-refractivity contribution in [2.75, 3.05) is 31.5 Å². The highest BCUT2D eigenvalue weighted by Crippen LogP contribution is 2.32. The fourth-order valence-corrected chi connectivity index (χ4v) is 3.59. The summed E-state index contributed by atoms with van der Waals surface area (Å²) in [6.07, 6.45) is 0.908. The zero-order chi connectivity index (χ0) is 21.3. The Balaban J connectivity index is 1.37. The molecular weight excluding hydrogens is 413 g/mol. The normalized spacial score (nSPS) is 19.1. The van der Waals surface area contributed by atoms with E-state index in [1.165, 1.54) is 18.3 Å². The average molecular weight is 434 g/mol. The Hall–Kier alpha value is -3.08. The number of amides is 1. The van der Waals surface area contributed by atoms with Crippen LogP contribution in [0.1, 0.15) is 15.9 Å². The van der Waals surface area contributed by atoms with E-state index in [4.69, 9.17) is 27.9 Å². The van der Waals surface area contributed by atoms with Crippen molar-refractivity contribution in [2.24, 2.45) is 11.6 Å². The number of ether oxygens (including phenoxy) is 1. The number of carbonyl (C=O) groups excluding carboxylic acids is 1. The van der Waals surface area contributed by atoms with Crippen molar-refractivity contribution in [2.45, 2.75) is 6.35 Å². The van der Waals surface area contributed by atoms with Gasteiger partial charge in [-0.2, -0.15) is 0 Å². The summed E-state index contributed by atoms with van der Waals surface area (Å²) in [4.78, 5) is 20.7. The number of nitrogens with one attached hydrogen (secondary N) is 2. The van der Waals surface area contributed by atoms with Crippen LogP contribution in [-0.4, -0.2) is 53.2 Å². The smallest absolute Gasteiger partial charge is 0.254 e. The summed E-state index contributed by atoms with van der Waals surface area (Å²) in [5.41, 5.74) is 8.58. The second kappa shape index (κ2) is 8.34. The van der Waals surface area contributed by atoms with Gasteiger partial charge in [-0.15, -0.1) is 0 Å². The number of pyridine rings is 1. The van der Waals surface area contributed by atoms with Gasteiger partial charge in [0.1, 0.15) is 11.0 Å². The molecule has 2 aliphatic rings. The summed E-state index contributed by atoms with van der Waals surface area (Å²) in [5.74, 6) is 5.57. The van der Waals surface area contributed by atoms with Gasteiger partial charge >= 0.3 is 0 Å². The van der Waals surface area contributed by atoms with Crippen LogP contribution in [0, 0.1) is 5.82 Å². The number of benzene rings is 1. The van der Waals surface area contributed by atoms with Gasteiger partial charge in [-0.05, 0) is 30.3 Å². The van der Waals surface area contributed by atoms with E-state index in [0.717, 1.165) is 0 Å². The van der Waals surface area contributed by atoms with Gasteiger partial charge in [-0.25, -0.2) is 14.3 Å². The number of nitrogens with two attached hydrogens (primary N) is 2. The number of carbonyl (C=O) groups is 1. The maximum absolute atomic E-state index is 14.4. The van der Waals surface area contributed by atoms with E-state index in [0.29, 0.717) is 42.9 Å². The van der Waals surface area contributed by atoms with Crippen molar-refractivity contribution in [1.82, 2.24) is 20.2 Å². The molecule has 1 unspecified atom stereocenters. The van der Waals surface area contributed by atoms with Crippen LogP contribution in [0.25, 0.3) is 5.70 Å². The van der Waals surface area contributed by atoms with E-state index >= 15 is 0 Å². The van der Waals surface area contributed by atoms with Crippen LogP contribution in [0.15, 0.2) is 36.5 Å². The summed E-state index contributed by atoms with van der Waals surface area (Å²) in [6.45, 7) is 2.13. The maximum Gasteiger partial charge on any atom is 0.254 e. The van der Waals surface area contributed by atoms with Crippen LogP contribution in [0.2, 0.25) is 5.15 Å². The third-order valence-corrected chi connectivity index (χ3v) is 5.23. The van der Waals surface area contributed by atoms with Crippen molar-refractivity contribution in [1.29, 1.82) is 0 Å². The van der Waals surface area contributed by atoms with Crippen molar-refractivity contribution in [3.05, 3.63) is 58.6 Å². The first-order valence-corrected chi connectivity index (χ1v) is 9.69. The highest BCUT2D eigenvalue weighted by atomic mass is 35.5. The van der Waals surface area contributed by atoms with Gasteiger partial charge < -0.3 is 26.1 Å². The fourth-order valence-electron chi connectivity index (χ4n) is 3.45. The molecule has 0 spiro atoms. The van der Waals surface area contributed by atoms with Gasteiger partial charge in [0.15, 0.2) is 11.6 Å². The Morgan fingerprint density at radius 2 is 2.07 bits per heavy atom. The molecule has 0 bridgehead atoms. The Morgan fingerprint density at radius 3 is 2.77 bits per heavy atom. The molecule has 1 fully saturated rings. The third kappa shape index (κ3) is 3.97. The van der Waals surface area contributed by atoms with Crippen molar-refractivity contribution >= 4 is 29.0 Å². The summed E-state index contributed by atoms with van der Waals surface area (Å²) in [5, 5.41) is 3.56. The molecule has 4 rings (SSSR count). The van der Waals surface area contributed by atoms with Crippen LogP contribution in [0.3, 0.4) is 0 Å². The van der Waals surface area contributed by atoms with Crippen molar-refractivity contribution in [3.8, 4) is 5.75 Å². The van der Waals surface area contributed by atoms with Gasteiger partial charge in [0.05, 0.1) is 5.70 Å². The molecule has 1 atom stereocenters. The Morgan fingerprint density at radius 1 is 1.30 bits per heavy atom. The van der Waals surface area contributed by atoms with E-state index in [1.54, 1.807) is 23.1 Å². The molecule has 0 aliphatic carbocycles. The number of anilines is 1. The van der Waals surface area contributed by atoms with E-state index in [-0.39, 0.29) is 29.1 Å². The lowest BCUT2D eigenvalue weighted by atomic mass is 10.1. The van der Waals surface area contributed by atoms with Gasteiger partial charge in [0.25, 0.3) is 5.91 Å². The third-order valence-electron chi connectivity index (χ3n) is 5.02. The predicted molar refractivity (Wildman–Crippen MR) is 111 cm³/mol. The number of halogens is 2. The summed E-state index contributed by atoms with van der Waals surface area (Å²) >= 11 is 5.91. The molecule has 6 N–H and O–H groups in total. The lowest BCUT2D eigenvalue weighted by molar-refractivity contribution is 0.0177. The molecule has 1 aromatic heterocycles. The molecule has 0 radical (unpaired) electrons. The zero-order valence-corrected chi connectivity index (χ0v) is 16.7. The standard InChI is InChI=1S/C19H21ClFN7O2/c20-16-4-3-15-17(25-16)26-19(30-15)28-7-5-27(6-8-28)18(29)11-1-2-12(13(21)9-11)14(22)10-24-23/h1-4,9-10,19,24H,5-8,22-23H2,(H,25,26)/b14-10-. The number of hydrogen-bond donors (Lipinski definition) is 4. The number of hydrazine groups is 1. The first-order valence-electron chi connectivity index (χ1n) is 9.31. The number of rotatable bonds is 4. The highest BCUT2D eigenvalue weighted by Gasteiger charge is 2.32. The molecule has 30 heavy (non-hydrogen) atoms. The topological polar surface area (TPSA) is 122 Å². The molecule has 9 nitrogen and oxygen atoms in total. The second-order valence-electron chi connectivity index (χ2n) is 6.88. The Bertz CT molecular complexity index is 995. The molecule has 1 amide bonds. The number of piperazine rings is 1. The zero-order valence-electron chi connectivity index (χ0n) is 15.9. The van der Waals surface area contributed by atoms with Crippen molar-refractivity contribution in [3.63, 3.8) is 0 Å². The maximum atomic E-state index is 14.4. The molecule has 1 aromatic carbocycles. The number of aromatic nitrogens is 1. The van der Waals surface area contributed by atoms with Gasteiger partial charge in [0.2, 0.25) is 6.35 Å². The molecule has 3 heterocycles. The average Bonchev–Trinajstić information content (AvgIpc) is 3.16. The summed E-state index contributed by atoms with van der Waals surface area (Å²) < 4.78 is 20.2. The minimum Gasteiger partial charge on any atom is -0.453 e. The lowest BCUT2D eigenvalue weighted by Gasteiger charge is -2.37. The molecule has 2 aromatic rings. The Kier molecular flexibility index (Phi) is 5.62. The highest BCUT2D eigenvalue weighted by molar-refractivity contribution is 6.29. The first kappa shape index (κ1) is 20.2. The van der Waals surface area contributed by atoms with Crippen molar-refractivity contribution < 1.29 is 13.9 Å². The SMILES string of the molecule is NN/C=C(\N)c1ccc(C(=O)N2CCN(C3Nc4nc(Cl)ccc4O3)CC2)cc1F. The minimum atomic E-state index is -0.587. The molecule has 2 aliphatic heterocycles. The van der Waals surface area contributed by atoms with Crippen LogP contribution < -0.4 is 27.1 Å². The molecule has 158 valence electrons. The fraction of sp³-hybridized carbons (Fsp3) is 0.263. The monoisotopic (exact) mass is 433 g/mol. The van der Waals surface area contributed by atoms with E-state index in [2.05, 4.69) is 20.6 Å². The van der Waals surface area contributed by atoms with Crippen LogP contribution >= 0.6 is 11.6 Å². The molecule has 11 heteroatoms. The molecule has 0 saturated carbocycles. The largest absolute Gasteiger partial charge is 0.453 e. The van der Waals surface area contributed by atoms with E-state index in [9.17, 15) is 9.18 Å². The molecule has 1 saturated heterocycles. The Labute approximate surface area is 177 Å². The number of fused-ring (bicyclic) bond motifs is 1. The van der Waals surface area contributed by atoms with Crippen LogP contribution in [0.5, 0.6) is 5.75 Å². The van der Waals surface area contributed by atoms with Crippen LogP contribution in [0.4, 0.5) is 10.2 Å². The van der Waals surface area contributed by atoms with E-state index in [1.807, 2.05) is 0 Å². The second-order valence-corrected chi connectivity index (χ2v) is 7.27. The first-order chi connectivity index (χ1) is 14.5. The van der Waals surface area contributed by atoms with Gasteiger partial charge in [-0.1, -0.05) is 11.6 Å². The van der Waals surface area contributed by atoms with Gasteiger partial charge in [-0.3, -0.25) is 10.6 Å². The minimum absolute atomic E-state index is 0.142. The lowest BCUT2D eigenvalue weighted by Crippen LogP contribution is -2.54. The van der Waals surface area contributed by atoms with Gasteiger partial charge in [0, 0.05) is 43.5 Å². The number of nitrogens with zero attached hydrogens (tertiary/aromatic N) is 3. The quantitative estimate of drug-likeness (QED) is 0.322. The molecular formula is C19H21ClFN7O2. The summed E-state index contributed by atoms with van der Waals surface area (Å²) in [6, 6.07) is 7.64. The summed E-state index contributed by atoms with van der Waals surface area (Å²) in [7, 11) is 0. The van der Waals surface area contributed by atoms with Crippen LogP contribution in [-0.2, 0) is 0 Å². The number of hydrogen-bond acceptors (Lipinski definition) is 8. The van der Waals surface area contributed by atoms with E-state index < -0.39 is 5.82 Å². The predicted octanol–water partition coefficient (Wildman–Crippen LogP) is 1.14.